The van der Waals surface area contributed by atoms with Crippen molar-refractivity contribution in [2.45, 2.75) is 10.7 Å². The molecule has 0 atom stereocenters. The first-order valence-electron chi connectivity index (χ1n) is 7.65. The number of rotatable bonds is 6. The van der Waals surface area contributed by atoms with Crippen LogP contribution in [0.15, 0.2) is 47.4 Å². The van der Waals surface area contributed by atoms with Crippen molar-refractivity contribution >= 4 is 21.7 Å². The minimum Gasteiger partial charge on any atom is -0.497 e. The Bertz CT molecular complexity index is 955. The van der Waals surface area contributed by atoms with Crippen LogP contribution in [0.3, 0.4) is 0 Å². The molecular formula is C17H16F2N2O6S. The maximum atomic E-state index is 12.5. The molecule has 0 aliphatic rings. The lowest BCUT2D eigenvalue weighted by molar-refractivity contribution is 0.0846. The van der Waals surface area contributed by atoms with Gasteiger partial charge in [-0.2, -0.15) is 8.78 Å². The third-order valence-corrected chi connectivity index (χ3v) is 4.98. The van der Waals surface area contributed by atoms with E-state index in [1.165, 1.54) is 26.4 Å². The molecule has 0 aromatic heterocycles. The van der Waals surface area contributed by atoms with Crippen molar-refractivity contribution in [3.63, 3.8) is 0 Å². The lowest BCUT2D eigenvalue weighted by Crippen LogP contribution is -2.41. The van der Waals surface area contributed by atoms with Crippen LogP contribution < -0.4 is 20.3 Å². The van der Waals surface area contributed by atoms with E-state index in [9.17, 15) is 26.8 Å². The summed E-state index contributed by atoms with van der Waals surface area (Å²) in [6, 6.07) is 8.26. The normalized spacial score (nSPS) is 11.0. The van der Waals surface area contributed by atoms with Crippen LogP contribution in [0.4, 0.5) is 8.78 Å². The van der Waals surface area contributed by atoms with E-state index in [1.807, 2.05) is 0 Å². The molecule has 0 spiro atoms. The Balaban J connectivity index is 2.07. The summed E-state index contributed by atoms with van der Waals surface area (Å²) in [6.07, 6.45) is 0. The lowest BCUT2D eigenvalue weighted by atomic mass is 10.2. The second-order valence-corrected chi connectivity index (χ2v) is 7.26. The molecule has 0 heterocycles. The Hall–Kier alpha value is -3.21. The zero-order valence-electron chi connectivity index (χ0n) is 14.7. The molecule has 150 valence electrons. The van der Waals surface area contributed by atoms with Crippen LogP contribution in [0.25, 0.3) is 0 Å². The standard InChI is InChI=1S/C17H16F2N2O6S/c1-26-12-7-11(8-13(9-12)27-2)16(23)21-20-15(22)10-3-5-14(6-4-10)28(24,25)17(18)19/h3-9,17H,1-2H3,(H,20,22)(H,21,23). The monoisotopic (exact) mass is 414 g/mol. The fraction of sp³-hybridized carbons (Fsp3) is 0.176. The minimum absolute atomic E-state index is 0.0447. The topological polar surface area (TPSA) is 111 Å². The van der Waals surface area contributed by atoms with Crippen LogP contribution in [0.5, 0.6) is 11.5 Å². The highest BCUT2D eigenvalue weighted by atomic mass is 32.2. The van der Waals surface area contributed by atoms with Gasteiger partial charge in [-0.15, -0.1) is 0 Å². The summed E-state index contributed by atoms with van der Waals surface area (Å²) in [6.45, 7) is 0. The smallest absolute Gasteiger partial charge is 0.341 e. The SMILES string of the molecule is COc1cc(OC)cc(C(=O)NNC(=O)c2ccc(S(=O)(=O)C(F)F)cc2)c1. The number of alkyl halides is 2. The number of halogens is 2. The summed E-state index contributed by atoms with van der Waals surface area (Å²) < 4.78 is 57.8. The summed E-state index contributed by atoms with van der Waals surface area (Å²) in [5.74, 6) is -4.27. The summed E-state index contributed by atoms with van der Waals surface area (Å²) >= 11 is 0. The van der Waals surface area contributed by atoms with Crippen molar-refractivity contribution in [1.29, 1.82) is 0 Å². The van der Waals surface area contributed by atoms with Gasteiger partial charge in [-0.1, -0.05) is 0 Å². The summed E-state index contributed by atoms with van der Waals surface area (Å²) in [4.78, 5) is 23.6. The number of hydrogen-bond donors (Lipinski definition) is 2. The van der Waals surface area contributed by atoms with Crippen molar-refractivity contribution in [3.8, 4) is 11.5 Å². The highest BCUT2D eigenvalue weighted by Gasteiger charge is 2.26. The van der Waals surface area contributed by atoms with Gasteiger partial charge >= 0.3 is 5.76 Å². The van der Waals surface area contributed by atoms with Crippen molar-refractivity contribution in [2.75, 3.05) is 14.2 Å². The molecule has 2 N–H and O–H groups in total. The van der Waals surface area contributed by atoms with Crippen LogP contribution in [-0.2, 0) is 9.84 Å². The molecule has 28 heavy (non-hydrogen) atoms. The number of ether oxygens (including phenoxy) is 2. The van der Waals surface area contributed by atoms with Gasteiger partial charge in [0, 0.05) is 17.2 Å². The van der Waals surface area contributed by atoms with Crippen LogP contribution >= 0.6 is 0 Å². The molecular weight excluding hydrogens is 398 g/mol. The Morgan fingerprint density at radius 2 is 1.32 bits per heavy atom. The minimum atomic E-state index is -4.75. The molecule has 2 aromatic carbocycles. The quantitative estimate of drug-likeness (QED) is 0.697. The molecule has 0 bridgehead atoms. The molecule has 0 radical (unpaired) electrons. The van der Waals surface area contributed by atoms with Crippen molar-refractivity contribution in [3.05, 3.63) is 53.6 Å². The number of methoxy groups -OCH3 is 2. The predicted octanol–water partition coefficient (Wildman–Crippen LogP) is 1.77. The number of hydrazine groups is 1. The van der Waals surface area contributed by atoms with Crippen molar-refractivity contribution < 1.29 is 36.3 Å². The highest BCUT2D eigenvalue weighted by molar-refractivity contribution is 7.91. The Morgan fingerprint density at radius 3 is 1.75 bits per heavy atom. The molecule has 2 aromatic rings. The van der Waals surface area contributed by atoms with E-state index in [0.717, 1.165) is 24.3 Å². The first-order valence-corrected chi connectivity index (χ1v) is 9.19. The van der Waals surface area contributed by atoms with Gasteiger partial charge in [-0.25, -0.2) is 8.42 Å². The molecule has 0 aliphatic carbocycles. The van der Waals surface area contributed by atoms with E-state index < -0.39 is 32.3 Å². The number of nitrogens with one attached hydrogen (secondary N) is 2. The first kappa shape index (κ1) is 21.1. The summed E-state index contributed by atoms with van der Waals surface area (Å²) in [7, 11) is -1.93. The van der Waals surface area contributed by atoms with Crippen molar-refractivity contribution in [2.24, 2.45) is 0 Å². The Morgan fingerprint density at radius 1 is 0.857 bits per heavy atom. The maximum Gasteiger partial charge on any atom is 0.341 e. The van der Waals surface area contributed by atoms with Crippen LogP contribution in [-0.4, -0.2) is 40.2 Å². The predicted molar refractivity (Wildman–Crippen MR) is 94.1 cm³/mol. The number of benzene rings is 2. The number of carbonyl (C=O) groups excluding carboxylic acids is 2. The number of carbonyl (C=O) groups is 2. The number of amides is 2. The van der Waals surface area contributed by atoms with E-state index in [4.69, 9.17) is 9.47 Å². The van der Waals surface area contributed by atoms with Gasteiger partial charge in [0.25, 0.3) is 11.8 Å². The van der Waals surface area contributed by atoms with E-state index in [2.05, 4.69) is 10.9 Å². The third-order valence-electron chi connectivity index (χ3n) is 3.58. The first-order chi connectivity index (χ1) is 13.2. The zero-order chi connectivity index (χ0) is 20.9. The van der Waals surface area contributed by atoms with Gasteiger partial charge in [-0.05, 0) is 36.4 Å². The largest absolute Gasteiger partial charge is 0.497 e. The molecule has 0 unspecified atom stereocenters. The van der Waals surface area contributed by atoms with Crippen LogP contribution in [0, 0.1) is 0 Å². The average molecular weight is 414 g/mol. The lowest BCUT2D eigenvalue weighted by Gasteiger charge is -2.10. The molecule has 0 fully saturated rings. The van der Waals surface area contributed by atoms with E-state index in [0.29, 0.717) is 11.5 Å². The highest BCUT2D eigenvalue weighted by Crippen LogP contribution is 2.22. The van der Waals surface area contributed by atoms with Gasteiger partial charge in [0.1, 0.15) is 11.5 Å². The third kappa shape index (κ3) is 4.74. The number of hydrogen-bond acceptors (Lipinski definition) is 6. The van der Waals surface area contributed by atoms with Crippen molar-refractivity contribution in [1.82, 2.24) is 10.9 Å². The maximum absolute atomic E-state index is 12.5. The van der Waals surface area contributed by atoms with Crippen LogP contribution in [0.2, 0.25) is 0 Å². The average Bonchev–Trinajstić information content (AvgIpc) is 2.71. The van der Waals surface area contributed by atoms with Gasteiger partial charge in [0.2, 0.25) is 9.84 Å². The van der Waals surface area contributed by atoms with Gasteiger partial charge in [-0.3, -0.25) is 20.4 Å². The second kappa shape index (κ2) is 8.65. The zero-order valence-corrected chi connectivity index (χ0v) is 15.5. The second-order valence-electron chi connectivity index (χ2n) is 5.34. The van der Waals surface area contributed by atoms with Crippen LogP contribution in [0.1, 0.15) is 20.7 Å². The fourth-order valence-electron chi connectivity index (χ4n) is 2.10. The summed E-state index contributed by atoms with van der Waals surface area (Å²) in [5, 5.41) is 0. The van der Waals surface area contributed by atoms with Gasteiger partial charge in [0.05, 0.1) is 19.1 Å². The molecule has 2 rings (SSSR count). The van der Waals surface area contributed by atoms with E-state index in [-0.39, 0.29) is 11.1 Å². The van der Waals surface area contributed by atoms with E-state index >= 15 is 0 Å². The fourth-order valence-corrected chi connectivity index (χ4v) is 2.82. The molecule has 0 saturated heterocycles. The van der Waals surface area contributed by atoms with E-state index in [1.54, 1.807) is 6.07 Å². The summed E-state index contributed by atoms with van der Waals surface area (Å²) in [5.41, 5.74) is 4.41. The molecule has 11 heteroatoms. The Labute approximate surface area is 159 Å². The molecule has 2 amide bonds. The molecule has 8 nitrogen and oxygen atoms in total. The Kier molecular flexibility index (Phi) is 6.52. The molecule has 0 saturated carbocycles. The van der Waals surface area contributed by atoms with Gasteiger partial charge in [0.15, 0.2) is 0 Å². The van der Waals surface area contributed by atoms with Gasteiger partial charge < -0.3 is 9.47 Å². The number of sulfone groups is 1. The molecule has 0 aliphatic heterocycles.